The van der Waals surface area contributed by atoms with Gasteiger partial charge in [0.1, 0.15) is 6.10 Å². The highest BCUT2D eigenvalue weighted by Gasteiger charge is 2.21. The van der Waals surface area contributed by atoms with Gasteiger partial charge in [-0.05, 0) is 40.2 Å². The maximum atomic E-state index is 11.8. The second-order valence-corrected chi connectivity index (χ2v) is 5.70. The van der Waals surface area contributed by atoms with Crippen LogP contribution in [0.5, 0.6) is 0 Å². The molecule has 0 aliphatic rings. The molecule has 0 saturated heterocycles. The van der Waals surface area contributed by atoms with Crippen molar-refractivity contribution in [2.75, 3.05) is 13.2 Å². The Morgan fingerprint density at radius 2 is 1.89 bits per heavy atom. The van der Waals surface area contributed by atoms with Gasteiger partial charge < -0.3 is 15.4 Å². The third-order valence-electron chi connectivity index (χ3n) is 2.96. The van der Waals surface area contributed by atoms with Crippen molar-refractivity contribution >= 4 is 5.91 Å². The molecule has 0 saturated carbocycles. The largest absolute Gasteiger partial charge is 0.369 e. The van der Waals surface area contributed by atoms with E-state index in [4.69, 9.17) is 4.74 Å². The standard InChI is InChI=1S/C14H30N2O2/c1-7-14(5,6)16-13(17)12(4)18-10-8-9-15-11(2)3/h11-12,15H,7-10H2,1-6H3,(H,16,17). The van der Waals surface area contributed by atoms with Crippen LogP contribution in [0.2, 0.25) is 0 Å². The van der Waals surface area contributed by atoms with Crippen molar-refractivity contribution in [3.8, 4) is 0 Å². The Morgan fingerprint density at radius 3 is 2.39 bits per heavy atom. The summed E-state index contributed by atoms with van der Waals surface area (Å²) in [6.07, 6.45) is 1.45. The summed E-state index contributed by atoms with van der Waals surface area (Å²) < 4.78 is 5.52. The first-order valence-electron chi connectivity index (χ1n) is 6.95. The van der Waals surface area contributed by atoms with Gasteiger partial charge in [-0.25, -0.2) is 0 Å². The summed E-state index contributed by atoms with van der Waals surface area (Å²) in [5.74, 6) is -0.0290. The minimum atomic E-state index is -0.380. The molecule has 4 heteroatoms. The van der Waals surface area contributed by atoms with Gasteiger partial charge >= 0.3 is 0 Å². The number of nitrogens with one attached hydrogen (secondary N) is 2. The first kappa shape index (κ1) is 17.4. The van der Waals surface area contributed by atoms with E-state index in [1.807, 2.05) is 13.8 Å². The molecule has 0 bridgehead atoms. The van der Waals surface area contributed by atoms with Crippen LogP contribution in [0.4, 0.5) is 0 Å². The molecule has 0 spiro atoms. The Kier molecular flexibility index (Phi) is 8.20. The van der Waals surface area contributed by atoms with Crippen molar-refractivity contribution in [1.29, 1.82) is 0 Å². The minimum Gasteiger partial charge on any atom is -0.369 e. The summed E-state index contributed by atoms with van der Waals surface area (Å²) in [5.41, 5.74) is -0.159. The lowest BCUT2D eigenvalue weighted by Gasteiger charge is -2.26. The molecule has 0 aromatic rings. The van der Waals surface area contributed by atoms with Crippen molar-refractivity contribution in [2.24, 2.45) is 0 Å². The molecule has 2 N–H and O–H groups in total. The zero-order valence-electron chi connectivity index (χ0n) is 12.8. The van der Waals surface area contributed by atoms with E-state index in [9.17, 15) is 4.79 Å². The van der Waals surface area contributed by atoms with Crippen molar-refractivity contribution in [3.63, 3.8) is 0 Å². The van der Waals surface area contributed by atoms with Crippen molar-refractivity contribution in [2.45, 2.75) is 72.1 Å². The van der Waals surface area contributed by atoms with Crippen molar-refractivity contribution < 1.29 is 9.53 Å². The summed E-state index contributed by atoms with van der Waals surface area (Å²) in [4.78, 5) is 11.8. The van der Waals surface area contributed by atoms with E-state index in [2.05, 4.69) is 31.4 Å². The first-order valence-corrected chi connectivity index (χ1v) is 6.95. The predicted octanol–water partition coefficient (Wildman–Crippen LogP) is 2.08. The molecule has 0 aliphatic carbocycles. The number of carbonyl (C=O) groups excluding carboxylic acids is 1. The molecule has 0 aliphatic heterocycles. The Bertz CT molecular complexity index is 240. The van der Waals surface area contributed by atoms with Crippen LogP contribution in [0.25, 0.3) is 0 Å². The average Bonchev–Trinajstić information content (AvgIpc) is 2.27. The number of rotatable bonds is 9. The molecule has 0 aromatic heterocycles. The number of carbonyl (C=O) groups is 1. The molecule has 0 heterocycles. The molecular formula is C14H30N2O2. The molecule has 0 fully saturated rings. The van der Waals surface area contributed by atoms with Crippen LogP contribution in [0.3, 0.4) is 0 Å². The van der Waals surface area contributed by atoms with Crippen LogP contribution < -0.4 is 10.6 Å². The van der Waals surface area contributed by atoms with E-state index in [0.29, 0.717) is 12.6 Å². The Balaban J connectivity index is 3.75. The van der Waals surface area contributed by atoms with Gasteiger partial charge in [-0.1, -0.05) is 20.8 Å². The molecule has 108 valence electrons. The lowest BCUT2D eigenvalue weighted by Crippen LogP contribution is -2.47. The quantitative estimate of drug-likeness (QED) is 0.623. The highest BCUT2D eigenvalue weighted by Crippen LogP contribution is 2.07. The molecule has 0 rings (SSSR count). The number of ether oxygens (including phenoxy) is 1. The third-order valence-corrected chi connectivity index (χ3v) is 2.96. The summed E-state index contributed by atoms with van der Waals surface area (Å²) in [7, 11) is 0. The lowest BCUT2D eigenvalue weighted by molar-refractivity contribution is -0.133. The summed E-state index contributed by atoms with van der Waals surface area (Å²) >= 11 is 0. The average molecular weight is 258 g/mol. The van der Waals surface area contributed by atoms with E-state index in [1.165, 1.54) is 0 Å². The molecular weight excluding hydrogens is 228 g/mol. The van der Waals surface area contributed by atoms with Crippen LogP contribution in [0.15, 0.2) is 0 Å². The Hall–Kier alpha value is -0.610. The first-order chi connectivity index (χ1) is 8.28. The highest BCUT2D eigenvalue weighted by atomic mass is 16.5. The molecule has 1 atom stereocenters. The number of hydrogen-bond donors (Lipinski definition) is 2. The van der Waals surface area contributed by atoms with Gasteiger partial charge in [0.2, 0.25) is 5.91 Å². The summed E-state index contributed by atoms with van der Waals surface area (Å²) in [6, 6.07) is 0.496. The molecule has 0 radical (unpaired) electrons. The van der Waals surface area contributed by atoms with Gasteiger partial charge in [0.15, 0.2) is 0 Å². The Morgan fingerprint density at radius 1 is 1.28 bits per heavy atom. The second kappa shape index (κ2) is 8.48. The maximum absolute atomic E-state index is 11.8. The zero-order valence-corrected chi connectivity index (χ0v) is 12.8. The van der Waals surface area contributed by atoms with E-state index < -0.39 is 0 Å². The fraction of sp³-hybridized carbons (Fsp3) is 0.929. The van der Waals surface area contributed by atoms with Gasteiger partial charge in [-0.2, -0.15) is 0 Å². The van der Waals surface area contributed by atoms with Crippen molar-refractivity contribution in [3.05, 3.63) is 0 Å². The summed E-state index contributed by atoms with van der Waals surface area (Å²) in [6.45, 7) is 13.7. The van der Waals surface area contributed by atoms with Gasteiger partial charge in [0, 0.05) is 18.2 Å². The Labute approximate surface area is 112 Å². The van der Waals surface area contributed by atoms with E-state index in [1.54, 1.807) is 6.92 Å². The zero-order chi connectivity index (χ0) is 14.2. The lowest BCUT2D eigenvalue weighted by atomic mass is 10.0. The predicted molar refractivity (Wildman–Crippen MR) is 75.7 cm³/mol. The van der Waals surface area contributed by atoms with Crippen LogP contribution in [0.1, 0.15) is 54.4 Å². The number of hydrogen-bond acceptors (Lipinski definition) is 3. The molecule has 1 amide bonds. The second-order valence-electron chi connectivity index (χ2n) is 5.70. The highest BCUT2D eigenvalue weighted by molar-refractivity contribution is 5.81. The van der Waals surface area contributed by atoms with Gasteiger partial charge in [0.05, 0.1) is 0 Å². The molecule has 0 aromatic carbocycles. The van der Waals surface area contributed by atoms with Crippen LogP contribution in [-0.4, -0.2) is 36.7 Å². The fourth-order valence-electron chi connectivity index (χ4n) is 1.32. The smallest absolute Gasteiger partial charge is 0.249 e. The third kappa shape index (κ3) is 8.48. The van der Waals surface area contributed by atoms with Crippen LogP contribution in [0, 0.1) is 0 Å². The van der Waals surface area contributed by atoms with E-state index in [-0.39, 0.29) is 17.6 Å². The van der Waals surface area contributed by atoms with E-state index in [0.717, 1.165) is 19.4 Å². The normalized spacial score (nSPS) is 13.7. The van der Waals surface area contributed by atoms with Crippen molar-refractivity contribution in [1.82, 2.24) is 10.6 Å². The SMILES string of the molecule is CCC(C)(C)NC(=O)C(C)OCCCNC(C)C. The number of amides is 1. The molecule has 18 heavy (non-hydrogen) atoms. The van der Waals surface area contributed by atoms with Gasteiger partial charge in [0.25, 0.3) is 0 Å². The summed E-state index contributed by atoms with van der Waals surface area (Å²) in [5, 5.41) is 6.30. The molecule has 1 unspecified atom stereocenters. The fourth-order valence-corrected chi connectivity index (χ4v) is 1.32. The van der Waals surface area contributed by atoms with Crippen LogP contribution >= 0.6 is 0 Å². The van der Waals surface area contributed by atoms with Gasteiger partial charge in [-0.3, -0.25) is 4.79 Å². The minimum absolute atomic E-state index is 0.0290. The van der Waals surface area contributed by atoms with Crippen LogP contribution in [-0.2, 0) is 9.53 Å². The maximum Gasteiger partial charge on any atom is 0.249 e. The van der Waals surface area contributed by atoms with Gasteiger partial charge in [-0.15, -0.1) is 0 Å². The molecule has 4 nitrogen and oxygen atoms in total. The van der Waals surface area contributed by atoms with E-state index >= 15 is 0 Å². The topological polar surface area (TPSA) is 50.4 Å². The monoisotopic (exact) mass is 258 g/mol.